The summed E-state index contributed by atoms with van der Waals surface area (Å²) >= 11 is 0. The van der Waals surface area contributed by atoms with E-state index in [-0.39, 0.29) is 0 Å². The van der Waals surface area contributed by atoms with E-state index < -0.39 is 0 Å². The Labute approximate surface area is 77.1 Å². The van der Waals surface area contributed by atoms with Gasteiger partial charge in [0.1, 0.15) is 0 Å². The van der Waals surface area contributed by atoms with Crippen LogP contribution in [-0.4, -0.2) is 0 Å². The molecule has 0 amide bonds. The minimum absolute atomic E-state index is 0.348. The monoisotopic (exact) mass is 166 g/mol. The van der Waals surface area contributed by atoms with Crippen LogP contribution in [0.4, 0.5) is 0 Å². The van der Waals surface area contributed by atoms with Crippen LogP contribution in [0, 0.1) is 16.7 Å². The Kier molecular flexibility index (Phi) is 2.14. The highest BCUT2D eigenvalue weighted by Crippen LogP contribution is 2.50. The van der Waals surface area contributed by atoms with Crippen molar-refractivity contribution in [2.24, 2.45) is 16.7 Å². The molecule has 1 atom stereocenters. The van der Waals surface area contributed by atoms with Crippen molar-refractivity contribution in [3.8, 4) is 0 Å². The van der Waals surface area contributed by atoms with Crippen LogP contribution in [0.15, 0.2) is 12.2 Å². The molecular weight excluding hydrogens is 144 g/mol. The van der Waals surface area contributed by atoms with Crippen LogP contribution in [0.2, 0.25) is 0 Å². The van der Waals surface area contributed by atoms with Gasteiger partial charge in [0.05, 0.1) is 0 Å². The maximum absolute atomic E-state index is 4.21. The second-order valence-corrected chi connectivity index (χ2v) is 5.86. The van der Waals surface area contributed by atoms with Crippen LogP contribution in [0.5, 0.6) is 0 Å². The average Bonchev–Trinajstić information content (AvgIpc) is 1.79. The third-order valence-corrected chi connectivity index (χ3v) is 3.24. The van der Waals surface area contributed by atoms with E-state index in [1.54, 1.807) is 0 Å². The van der Waals surface area contributed by atoms with Crippen molar-refractivity contribution in [3.63, 3.8) is 0 Å². The SMILES string of the molecule is C=C1C(C)CC(C)(C)CC1(C)C. The standard InChI is InChI=1S/C12H22/c1-9-7-11(3,4)8-12(5,6)10(9)2/h9H,2,7-8H2,1,3-6H3. The first-order valence-corrected chi connectivity index (χ1v) is 4.94. The zero-order valence-electron chi connectivity index (χ0n) is 9.20. The van der Waals surface area contributed by atoms with E-state index in [0.29, 0.717) is 16.7 Å². The minimum Gasteiger partial charge on any atom is -0.0990 e. The molecule has 0 aromatic heterocycles. The highest BCUT2D eigenvalue weighted by atomic mass is 14.4. The molecule has 1 saturated carbocycles. The molecule has 0 aliphatic heterocycles. The van der Waals surface area contributed by atoms with Gasteiger partial charge in [0.2, 0.25) is 0 Å². The second-order valence-electron chi connectivity index (χ2n) is 5.86. The van der Waals surface area contributed by atoms with Gasteiger partial charge in [-0.15, -0.1) is 0 Å². The lowest BCUT2D eigenvalue weighted by Crippen LogP contribution is -2.34. The lowest BCUT2D eigenvalue weighted by Gasteiger charge is -2.45. The van der Waals surface area contributed by atoms with E-state index in [2.05, 4.69) is 41.2 Å². The topological polar surface area (TPSA) is 0 Å². The van der Waals surface area contributed by atoms with E-state index in [0.717, 1.165) is 0 Å². The molecule has 0 N–H and O–H groups in total. The summed E-state index contributed by atoms with van der Waals surface area (Å²) in [6.45, 7) is 15.9. The van der Waals surface area contributed by atoms with Gasteiger partial charge < -0.3 is 0 Å². The third kappa shape index (κ3) is 1.73. The van der Waals surface area contributed by atoms with Gasteiger partial charge in [0.25, 0.3) is 0 Å². The fourth-order valence-electron chi connectivity index (χ4n) is 3.00. The second kappa shape index (κ2) is 2.61. The van der Waals surface area contributed by atoms with Crippen molar-refractivity contribution in [1.29, 1.82) is 0 Å². The molecule has 0 saturated heterocycles. The Morgan fingerprint density at radius 3 is 2.17 bits per heavy atom. The molecule has 0 heterocycles. The van der Waals surface area contributed by atoms with Crippen LogP contribution < -0.4 is 0 Å². The summed E-state index contributed by atoms with van der Waals surface area (Å²) in [7, 11) is 0. The Balaban J connectivity index is 2.87. The van der Waals surface area contributed by atoms with Gasteiger partial charge in [-0.05, 0) is 29.6 Å². The van der Waals surface area contributed by atoms with E-state index in [4.69, 9.17) is 0 Å². The van der Waals surface area contributed by atoms with E-state index in [1.807, 2.05) is 0 Å². The molecule has 0 spiro atoms. The summed E-state index contributed by atoms with van der Waals surface area (Å²) in [6, 6.07) is 0. The van der Waals surface area contributed by atoms with E-state index in [1.165, 1.54) is 18.4 Å². The highest BCUT2D eigenvalue weighted by Gasteiger charge is 2.39. The first-order chi connectivity index (χ1) is 5.25. The normalized spacial score (nSPS) is 33.4. The predicted molar refractivity (Wildman–Crippen MR) is 55.1 cm³/mol. The van der Waals surface area contributed by atoms with Crippen LogP contribution in [0.1, 0.15) is 47.5 Å². The molecule has 0 aromatic carbocycles. The van der Waals surface area contributed by atoms with Gasteiger partial charge in [-0.1, -0.05) is 46.8 Å². The van der Waals surface area contributed by atoms with Gasteiger partial charge in [-0.25, -0.2) is 0 Å². The summed E-state index contributed by atoms with van der Waals surface area (Å²) in [4.78, 5) is 0. The molecule has 0 nitrogen and oxygen atoms in total. The highest BCUT2D eigenvalue weighted by molar-refractivity contribution is 5.15. The average molecular weight is 166 g/mol. The van der Waals surface area contributed by atoms with Gasteiger partial charge in [-0.2, -0.15) is 0 Å². The van der Waals surface area contributed by atoms with Gasteiger partial charge >= 0.3 is 0 Å². The molecule has 0 heteroatoms. The number of allylic oxidation sites excluding steroid dienone is 1. The van der Waals surface area contributed by atoms with Crippen LogP contribution in [0.3, 0.4) is 0 Å². The van der Waals surface area contributed by atoms with Crippen LogP contribution in [-0.2, 0) is 0 Å². The summed E-state index contributed by atoms with van der Waals surface area (Å²) < 4.78 is 0. The first kappa shape index (κ1) is 9.83. The minimum atomic E-state index is 0.348. The smallest absolute Gasteiger partial charge is 0.0140 e. The summed E-state index contributed by atoms with van der Waals surface area (Å²) in [5, 5.41) is 0. The fraction of sp³-hybridized carbons (Fsp3) is 0.833. The van der Waals surface area contributed by atoms with Crippen molar-refractivity contribution < 1.29 is 0 Å². The number of hydrogen-bond acceptors (Lipinski definition) is 0. The molecule has 70 valence electrons. The summed E-state index contributed by atoms with van der Waals surface area (Å²) in [5.74, 6) is 0.698. The van der Waals surface area contributed by atoms with Crippen LogP contribution >= 0.6 is 0 Å². The van der Waals surface area contributed by atoms with E-state index >= 15 is 0 Å². The quantitative estimate of drug-likeness (QED) is 0.477. The first-order valence-electron chi connectivity index (χ1n) is 4.94. The van der Waals surface area contributed by atoms with Crippen molar-refractivity contribution in [3.05, 3.63) is 12.2 Å². The van der Waals surface area contributed by atoms with Crippen molar-refractivity contribution in [2.75, 3.05) is 0 Å². The van der Waals surface area contributed by atoms with Crippen molar-refractivity contribution >= 4 is 0 Å². The molecule has 1 rings (SSSR count). The lowest BCUT2D eigenvalue weighted by atomic mass is 9.60. The molecule has 12 heavy (non-hydrogen) atoms. The Hall–Kier alpha value is -0.260. The van der Waals surface area contributed by atoms with Crippen LogP contribution in [0.25, 0.3) is 0 Å². The number of hydrogen-bond donors (Lipinski definition) is 0. The molecule has 1 fully saturated rings. The fourth-order valence-corrected chi connectivity index (χ4v) is 3.00. The Morgan fingerprint density at radius 2 is 1.75 bits per heavy atom. The maximum atomic E-state index is 4.21. The van der Waals surface area contributed by atoms with E-state index in [9.17, 15) is 0 Å². The molecule has 0 bridgehead atoms. The Morgan fingerprint density at radius 1 is 1.25 bits per heavy atom. The zero-order valence-corrected chi connectivity index (χ0v) is 9.20. The summed E-state index contributed by atoms with van der Waals surface area (Å²) in [5.41, 5.74) is 2.30. The maximum Gasteiger partial charge on any atom is -0.0140 e. The summed E-state index contributed by atoms with van der Waals surface area (Å²) in [6.07, 6.45) is 2.58. The predicted octanol–water partition coefficient (Wildman–Crippen LogP) is 4.02. The van der Waals surface area contributed by atoms with Crippen molar-refractivity contribution in [1.82, 2.24) is 0 Å². The molecular formula is C12H22. The third-order valence-electron chi connectivity index (χ3n) is 3.24. The molecule has 0 aromatic rings. The zero-order chi connectivity index (χ0) is 9.57. The number of rotatable bonds is 0. The lowest BCUT2D eigenvalue weighted by molar-refractivity contribution is 0.137. The van der Waals surface area contributed by atoms with Gasteiger partial charge in [0, 0.05) is 0 Å². The molecule has 0 radical (unpaired) electrons. The van der Waals surface area contributed by atoms with Crippen molar-refractivity contribution in [2.45, 2.75) is 47.5 Å². The Bertz CT molecular complexity index is 196. The largest absolute Gasteiger partial charge is 0.0990 e. The molecule has 1 aliphatic carbocycles. The van der Waals surface area contributed by atoms with Gasteiger partial charge in [-0.3, -0.25) is 0 Å². The molecule has 1 aliphatic rings. The molecule has 1 unspecified atom stereocenters. The van der Waals surface area contributed by atoms with Gasteiger partial charge in [0.15, 0.2) is 0 Å².